The number of hydrogen-bond donors (Lipinski definition) is 2. The number of nitrogens with one attached hydrogen (secondary N) is 2. The molecule has 2 amide bonds. The van der Waals surface area contributed by atoms with Crippen molar-refractivity contribution in [3.05, 3.63) is 81.0 Å². The number of amides is 2. The molecule has 1 aliphatic heterocycles. The van der Waals surface area contributed by atoms with Gasteiger partial charge in [-0.15, -0.1) is 0 Å². The maximum Gasteiger partial charge on any atom is 0.341 e. The lowest BCUT2D eigenvalue weighted by atomic mass is 9.95. The van der Waals surface area contributed by atoms with E-state index in [9.17, 15) is 14.4 Å². The van der Waals surface area contributed by atoms with Crippen LogP contribution >= 0.6 is 23.2 Å². The summed E-state index contributed by atoms with van der Waals surface area (Å²) in [5.41, 5.74) is 0.927. The summed E-state index contributed by atoms with van der Waals surface area (Å²) in [6.45, 7) is 1.43. The zero-order valence-corrected chi connectivity index (χ0v) is 17.4. The number of carbonyl (C=O) groups excluding carboxylic acids is 3. The van der Waals surface area contributed by atoms with Crippen molar-refractivity contribution in [3.8, 4) is 0 Å². The molecular weight excluding hydrogens is 431 g/mol. The highest BCUT2D eigenvalue weighted by atomic mass is 35.5. The largest absolute Gasteiger partial charge is 0.463 e. The van der Waals surface area contributed by atoms with Crippen LogP contribution in [0.4, 0.5) is 4.79 Å². The normalized spacial score (nSPS) is 15.8. The topological polar surface area (TPSA) is 93.7 Å². The summed E-state index contributed by atoms with van der Waals surface area (Å²) in [6, 6.07) is 12.2. The van der Waals surface area contributed by atoms with Crippen LogP contribution < -0.4 is 10.6 Å². The van der Waals surface area contributed by atoms with Crippen molar-refractivity contribution in [3.63, 3.8) is 0 Å². The second-order valence-corrected chi connectivity index (χ2v) is 7.04. The van der Waals surface area contributed by atoms with Crippen LogP contribution in [0.1, 0.15) is 28.9 Å². The van der Waals surface area contributed by atoms with Gasteiger partial charge in [0.25, 0.3) is 0 Å². The van der Waals surface area contributed by atoms with Gasteiger partial charge in [0.1, 0.15) is 6.61 Å². The first-order chi connectivity index (χ1) is 14.4. The molecule has 9 heteroatoms. The minimum atomic E-state index is -0.787. The summed E-state index contributed by atoms with van der Waals surface area (Å²) in [7, 11) is 0. The number of urea groups is 1. The zero-order chi connectivity index (χ0) is 21.7. The van der Waals surface area contributed by atoms with Crippen LogP contribution in [0.25, 0.3) is 0 Å². The third kappa shape index (κ3) is 4.75. The van der Waals surface area contributed by atoms with Crippen LogP contribution in [-0.4, -0.2) is 31.2 Å². The first-order valence-electron chi connectivity index (χ1n) is 9.06. The summed E-state index contributed by atoms with van der Waals surface area (Å²) in [5, 5.41) is 5.48. The molecule has 30 heavy (non-hydrogen) atoms. The van der Waals surface area contributed by atoms with E-state index in [2.05, 4.69) is 10.6 Å². The Morgan fingerprint density at radius 1 is 0.967 bits per heavy atom. The Morgan fingerprint density at radius 2 is 1.63 bits per heavy atom. The van der Waals surface area contributed by atoms with E-state index in [-0.39, 0.29) is 40.1 Å². The van der Waals surface area contributed by atoms with Gasteiger partial charge >= 0.3 is 18.0 Å². The molecule has 1 atom stereocenters. The SMILES string of the molecule is CCOC(=O)C1=C(COC(=O)c2c(Cl)cccc2Cl)NC(=O)NC1c1ccccc1. The van der Waals surface area contributed by atoms with Gasteiger partial charge in [-0.2, -0.15) is 0 Å². The number of hydrogen-bond acceptors (Lipinski definition) is 5. The van der Waals surface area contributed by atoms with Crippen molar-refractivity contribution in [2.75, 3.05) is 13.2 Å². The Balaban J connectivity index is 1.94. The first-order valence-corrected chi connectivity index (χ1v) is 9.81. The Hall–Kier alpha value is -3.03. The van der Waals surface area contributed by atoms with Gasteiger partial charge in [-0.1, -0.05) is 59.6 Å². The summed E-state index contributed by atoms with van der Waals surface area (Å²) >= 11 is 12.1. The Kier molecular flexibility index (Phi) is 6.97. The molecule has 2 aromatic rings. The van der Waals surface area contributed by atoms with Crippen LogP contribution in [0.15, 0.2) is 59.8 Å². The molecule has 0 saturated heterocycles. The van der Waals surface area contributed by atoms with E-state index in [0.29, 0.717) is 5.56 Å². The van der Waals surface area contributed by atoms with Crippen LogP contribution in [-0.2, 0) is 14.3 Å². The molecular formula is C21H18Cl2N2O5. The van der Waals surface area contributed by atoms with Crippen molar-refractivity contribution >= 4 is 41.2 Å². The number of rotatable bonds is 6. The predicted octanol–water partition coefficient (Wildman–Crippen LogP) is 4.02. The molecule has 2 aromatic carbocycles. The van der Waals surface area contributed by atoms with Gasteiger partial charge in [-0.3, -0.25) is 0 Å². The molecule has 1 heterocycles. The second-order valence-electron chi connectivity index (χ2n) is 6.23. The van der Waals surface area contributed by atoms with Crippen LogP contribution in [0.3, 0.4) is 0 Å². The lowest BCUT2D eigenvalue weighted by Gasteiger charge is -2.29. The lowest BCUT2D eigenvalue weighted by Crippen LogP contribution is -2.47. The summed E-state index contributed by atoms with van der Waals surface area (Å²) in [6.07, 6.45) is 0. The van der Waals surface area contributed by atoms with Crippen LogP contribution in [0.5, 0.6) is 0 Å². The molecule has 1 unspecified atom stereocenters. The second kappa shape index (κ2) is 9.65. The highest BCUT2D eigenvalue weighted by Crippen LogP contribution is 2.29. The van der Waals surface area contributed by atoms with Gasteiger partial charge in [0.2, 0.25) is 0 Å². The Morgan fingerprint density at radius 3 is 2.27 bits per heavy atom. The van der Waals surface area contributed by atoms with E-state index in [1.54, 1.807) is 37.3 Å². The highest BCUT2D eigenvalue weighted by Gasteiger charge is 2.34. The molecule has 2 N–H and O–H groups in total. The Labute approximate surface area is 182 Å². The van der Waals surface area contributed by atoms with E-state index < -0.39 is 24.0 Å². The number of halogens is 2. The maximum atomic E-state index is 12.7. The van der Waals surface area contributed by atoms with Crippen molar-refractivity contribution in [2.24, 2.45) is 0 Å². The molecule has 0 bridgehead atoms. The fraction of sp³-hybridized carbons (Fsp3) is 0.190. The molecule has 0 aromatic heterocycles. The van der Waals surface area contributed by atoms with E-state index in [4.69, 9.17) is 32.7 Å². The number of carbonyl (C=O) groups is 3. The summed E-state index contributed by atoms with van der Waals surface area (Å²) < 4.78 is 10.5. The van der Waals surface area contributed by atoms with Crippen molar-refractivity contribution in [1.82, 2.24) is 10.6 Å². The minimum Gasteiger partial charge on any atom is -0.463 e. The monoisotopic (exact) mass is 448 g/mol. The Bertz CT molecular complexity index is 987. The molecule has 0 spiro atoms. The first kappa shape index (κ1) is 21.7. The number of ether oxygens (including phenoxy) is 2. The van der Waals surface area contributed by atoms with Gasteiger partial charge in [-0.05, 0) is 24.6 Å². The molecule has 1 aliphatic rings. The van der Waals surface area contributed by atoms with Crippen LogP contribution in [0, 0.1) is 0 Å². The molecule has 0 fully saturated rings. The fourth-order valence-electron chi connectivity index (χ4n) is 2.98. The van der Waals surface area contributed by atoms with E-state index in [1.807, 2.05) is 6.07 Å². The standard InChI is InChI=1S/C21H18Cl2N2O5/c1-2-29-20(27)17-15(11-30-19(26)16-13(22)9-6-10-14(16)23)24-21(28)25-18(17)12-7-4-3-5-8-12/h3-10,18H,2,11H2,1H3,(H2,24,25,28). The third-order valence-electron chi connectivity index (χ3n) is 4.30. The average Bonchev–Trinajstić information content (AvgIpc) is 2.72. The van der Waals surface area contributed by atoms with Crippen LogP contribution in [0.2, 0.25) is 10.0 Å². The van der Waals surface area contributed by atoms with Gasteiger partial charge < -0.3 is 20.1 Å². The molecule has 7 nitrogen and oxygen atoms in total. The lowest BCUT2D eigenvalue weighted by molar-refractivity contribution is -0.139. The molecule has 3 rings (SSSR count). The summed E-state index contributed by atoms with van der Waals surface area (Å²) in [5.74, 6) is -1.42. The number of esters is 2. The highest BCUT2D eigenvalue weighted by molar-refractivity contribution is 6.39. The molecule has 156 valence electrons. The fourth-order valence-corrected chi connectivity index (χ4v) is 3.53. The quantitative estimate of drug-likeness (QED) is 0.650. The third-order valence-corrected chi connectivity index (χ3v) is 4.93. The zero-order valence-electron chi connectivity index (χ0n) is 15.9. The molecule has 0 radical (unpaired) electrons. The average molecular weight is 449 g/mol. The number of benzene rings is 2. The molecule has 0 aliphatic carbocycles. The van der Waals surface area contributed by atoms with E-state index >= 15 is 0 Å². The van der Waals surface area contributed by atoms with Crippen molar-refractivity contribution in [1.29, 1.82) is 0 Å². The van der Waals surface area contributed by atoms with Gasteiger partial charge in [-0.25, -0.2) is 14.4 Å². The smallest absolute Gasteiger partial charge is 0.341 e. The summed E-state index contributed by atoms with van der Waals surface area (Å²) in [4.78, 5) is 37.4. The van der Waals surface area contributed by atoms with Gasteiger partial charge in [0.15, 0.2) is 0 Å². The van der Waals surface area contributed by atoms with E-state index in [1.165, 1.54) is 12.1 Å². The van der Waals surface area contributed by atoms with E-state index in [0.717, 1.165) is 0 Å². The minimum absolute atomic E-state index is 0.000937. The maximum absolute atomic E-state index is 12.7. The van der Waals surface area contributed by atoms with Gasteiger partial charge in [0.05, 0.1) is 39.5 Å². The van der Waals surface area contributed by atoms with Crippen molar-refractivity contribution < 1.29 is 23.9 Å². The predicted molar refractivity (Wildman–Crippen MR) is 111 cm³/mol. The van der Waals surface area contributed by atoms with Gasteiger partial charge in [0, 0.05) is 0 Å². The molecule has 0 saturated carbocycles. The van der Waals surface area contributed by atoms with Crippen molar-refractivity contribution in [2.45, 2.75) is 13.0 Å².